The highest BCUT2D eigenvalue weighted by atomic mass is 35.5. The zero-order valence-electron chi connectivity index (χ0n) is 40.3. The molecule has 2 saturated heterocycles. The Bertz CT molecular complexity index is 2250. The van der Waals surface area contributed by atoms with Crippen LogP contribution in [0.3, 0.4) is 0 Å². The molecule has 10 nitrogen and oxygen atoms in total. The molecule has 0 unspecified atom stereocenters. The summed E-state index contributed by atoms with van der Waals surface area (Å²) in [6.45, 7) is 8.89. The summed E-state index contributed by atoms with van der Waals surface area (Å²) in [5, 5.41) is 45.3. The fraction of sp³-hybridized carbons (Fsp3) is 0.564. The van der Waals surface area contributed by atoms with Crippen LogP contribution in [-0.4, -0.2) is 107 Å². The maximum atomic E-state index is 11.1. The van der Waals surface area contributed by atoms with E-state index in [4.69, 9.17) is 32.7 Å². The second-order valence-corrected chi connectivity index (χ2v) is 20.1. The molecule has 0 aliphatic carbocycles. The van der Waals surface area contributed by atoms with Crippen molar-refractivity contribution in [3.8, 4) is 11.5 Å². The summed E-state index contributed by atoms with van der Waals surface area (Å²) in [7, 11) is 3.24. The minimum Gasteiger partial charge on any atom is -0.497 e. The van der Waals surface area contributed by atoms with Gasteiger partial charge in [0.15, 0.2) is 0 Å². The molecule has 0 bridgehead atoms. The zero-order valence-corrected chi connectivity index (χ0v) is 41.8. The first-order valence-corrected chi connectivity index (χ1v) is 25.6. The number of aryl methyl sites for hydroxylation is 1. The number of hydrogen-bond acceptors (Lipinski definition) is 10. The van der Waals surface area contributed by atoms with Crippen molar-refractivity contribution in [3.05, 3.63) is 106 Å². The first kappa shape index (κ1) is 52.8. The van der Waals surface area contributed by atoms with Gasteiger partial charge in [-0.2, -0.15) is 0 Å². The highest BCUT2D eigenvalue weighted by molar-refractivity contribution is 6.32. The van der Waals surface area contributed by atoms with Gasteiger partial charge in [0.05, 0.1) is 47.5 Å². The number of aliphatic hydroxyl groups excluding tert-OH is 4. The maximum Gasteiger partial charge on any atom is 0.119 e. The molecular formula is C55H76Cl2N4O6. The lowest BCUT2D eigenvalue weighted by Gasteiger charge is -2.41. The number of hydrogen-bond donors (Lipinski definition) is 4. The van der Waals surface area contributed by atoms with E-state index in [1.165, 1.54) is 50.5 Å². The van der Waals surface area contributed by atoms with Crippen LogP contribution in [0.5, 0.6) is 11.5 Å². The Kier molecular flexibility index (Phi) is 20.8. The number of aromatic nitrogens is 2. The molecule has 0 saturated carbocycles. The Balaban J connectivity index is 0.000000222. The van der Waals surface area contributed by atoms with Gasteiger partial charge in [-0.25, -0.2) is 0 Å². The topological polar surface area (TPSA) is 132 Å². The van der Waals surface area contributed by atoms with E-state index in [9.17, 15) is 20.4 Å². The SMILES string of the molecule is CCCCCCCN1CCC(CO)(CC[C@@H](O)c2c(Cl)cnc3ccc(OC)cc23)CC1.COc1ccc2ncc(Cl)c([C@H](O)CCC3(CO)CCN(CCCCc4ccccc4)CC3)c2c1. The lowest BCUT2D eigenvalue weighted by Crippen LogP contribution is -2.42. The number of unbranched alkanes of at least 4 members (excludes halogenated alkanes) is 5. The first-order valence-electron chi connectivity index (χ1n) is 24.9. The number of benzene rings is 3. The highest BCUT2D eigenvalue weighted by Gasteiger charge is 2.36. The maximum absolute atomic E-state index is 11.1. The van der Waals surface area contributed by atoms with Gasteiger partial charge in [-0.1, -0.05) is 86.1 Å². The molecular weight excluding hydrogens is 884 g/mol. The Labute approximate surface area is 409 Å². The molecule has 12 heteroatoms. The van der Waals surface area contributed by atoms with Crippen LogP contribution < -0.4 is 9.47 Å². The zero-order chi connectivity index (χ0) is 47.7. The van der Waals surface area contributed by atoms with E-state index in [-0.39, 0.29) is 24.0 Å². The van der Waals surface area contributed by atoms with Gasteiger partial charge in [0.1, 0.15) is 11.5 Å². The number of nitrogens with zero attached hydrogens (tertiary/aromatic N) is 4. The van der Waals surface area contributed by atoms with Crippen molar-refractivity contribution in [2.24, 2.45) is 10.8 Å². The van der Waals surface area contributed by atoms with Gasteiger partial charge in [-0.15, -0.1) is 0 Å². The summed E-state index contributed by atoms with van der Waals surface area (Å²) < 4.78 is 10.7. The fourth-order valence-electron chi connectivity index (χ4n) is 10.2. The van der Waals surface area contributed by atoms with Crippen LogP contribution >= 0.6 is 23.2 Å². The number of methoxy groups -OCH3 is 2. The largest absolute Gasteiger partial charge is 0.497 e. The van der Waals surface area contributed by atoms with Crippen molar-refractivity contribution < 1.29 is 29.9 Å². The molecule has 4 heterocycles. The average Bonchev–Trinajstić information content (AvgIpc) is 3.37. The van der Waals surface area contributed by atoms with Crippen LogP contribution in [0.25, 0.3) is 21.8 Å². The number of fused-ring (bicyclic) bond motifs is 2. The van der Waals surface area contributed by atoms with Gasteiger partial charge < -0.3 is 39.7 Å². The molecule has 0 spiro atoms. The average molecular weight is 960 g/mol. The van der Waals surface area contributed by atoms with Crippen molar-refractivity contribution in [2.45, 2.75) is 122 Å². The van der Waals surface area contributed by atoms with Gasteiger partial charge >= 0.3 is 0 Å². The number of pyridine rings is 2. The summed E-state index contributed by atoms with van der Waals surface area (Å²) in [5.41, 5.74) is 4.11. The molecule has 2 fully saturated rings. The summed E-state index contributed by atoms with van der Waals surface area (Å²) in [6.07, 6.45) is 18.3. The summed E-state index contributed by atoms with van der Waals surface area (Å²) in [4.78, 5) is 13.8. The minimum absolute atomic E-state index is 0.118. The molecule has 0 radical (unpaired) electrons. The second kappa shape index (κ2) is 26.4. The quantitative estimate of drug-likeness (QED) is 0.0469. The van der Waals surface area contributed by atoms with E-state index in [2.05, 4.69) is 57.0 Å². The monoisotopic (exact) mass is 959 g/mol. The van der Waals surface area contributed by atoms with Gasteiger partial charge in [0, 0.05) is 47.5 Å². The van der Waals surface area contributed by atoms with Crippen molar-refractivity contribution in [1.29, 1.82) is 0 Å². The van der Waals surface area contributed by atoms with Crippen LogP contribution in [0.15, 0.2) is 79.1 Å². The third-order valence-corrected chi connectivity index (χ3v) is 15.4. The van der Waals surface area contributed by atoms with Crippen molar-refractivity contribution in [3.63, 3.8) is 0 Å². The van der Waals surface area contributed by atoms with E-state index in [1.54, 1.807) is 26.6 Å². The molecule has 0 amide bonds. The Hall–Kier alpha value is -3.58. The molecule has 67 heavy (non-hydrogen) atoms. The lowest BCUT2D eigenvalue weighted by molar-refractivity contribution is 0.0232. The Morgan fingerprint density at radius 1 is 0.612 bits per heavy atom. The molecule has 2 aliphatic rings. The van der Waals surface area contributed by atoms with Crippen molar-refractivity contribution in [2.75, 3.05) is 66.7 Å². The first-order chi connectivity index (χ1) is 32.5. The molecule has 2 aromatic heterocycles. The van der Waals surface area contributed by atoms with Crippen LogP contribution in [0, 0.1) is 10.8 Å². The molecule has 2 aliphatic heterocycles. The fourth-order valence-corrected chi connectivity index (χ4v) is 10.7. The number of halogens is 2. The number of aliphatic hydroxyl groups is 4. The van der Waals surface area contributed by atoms with Crippen LogP contribution in [-0.2, 0) is 6.42 Å². The second-order valence-electron chi connectivity index (χ2n) is 19.3. The van der Waals surface area contributed by atoms with Crippen molar-refractivity contribution >= 4 is 45.0 Å². The summed E-state index contributed by atoms with van der Waals surface area (Å²) in [5.74, 6) is 1.42. The van der Waals surface area contributed by atoms with Gasteiger partial charge in [0.2, 0.25) is 0 Å². The highest BCUT2D eigenvalue weighted by Crippen LogP contribution is 2.42. The van der Waals surface area contributed by atoms with E-state index >= 15 is 0 Å². The molecule has 4 N–H and O–H groups in total. The van der Waals surface area contributed by atoms with Crippen LogP contribution in [0.1, 0.15) is 132 Å². The molecule has 3 aromatic carbocycles. The molecule has 2 atom stereocenters. The molecule has 7 rings (SSSR count). The van der Waals surface area contributed by atoms with E-state index < -0.39 is 12.2 Å². The summed E-state index contributed by atoms with van der Waals surface area (Å²) >= 11 is 12.9. The van der Waals surface area contributed by atoms with Gasteiger partial charge in [-0.05, 0) is 169 Å². The van der Waals surface area contributed by atoms with Crippen molar-refractivity contribution in [1.82, 2.24) is 19.8 Å². The van der Waals surface area contributed by atoms with E-state index in [1.807, 2.05) is 36.4 Å². The Morgan fingerprint density at radius 2 is 1.06 bits per heavy atom. The normalized spacial score (nSPS) is 17.2. The lowest BCUT2D eigenvalue weighted by atomic mass is 9.74. The van der Waals surface area contributed by atoms with Gasteiger partial charge in [0.25, 0.3) is 0 Å². The number of rotatable bonds is 23. The minimum atomic E-state index is -0.723. The van der Waals surface area contributed by atoms with Crippen LogP contribution in [0.2, 0.25) is 10.0 Å². The predicted octanol–water partition coefficient (Wildman–Crippen LogP) is 11.6. The molecule has 5 aromatic rings. The molecule has 366 valence electrons. The predicted molar refractivity (Wildman–Crippen MR) is 274 cm³/mol. The standard InChI is InChI=1S/C29H37ClN2O3.C26H39ClN2O3/c1-35-23-10-11-26-24(19-23)28(25(30)20-31-26)27(34)12-13-29(21-33)14-17-32(18-15-29)16-6-5-9-22-7-3-2-4-8-22;1-3-4-5-6-7-14-29-15-12-26(19-30,13-16-29)11-10-24(31)25-21-17-20(32-2)8-9-23(21)28-18-22(25)27/h2-4,7-8,10-11,19-20,27,33-34H,5-6,9,12-18,21H2,1H3;8-9,17-18,24,30-31H,3-7,10-16,19H2,1-2H3/t27-;24-/m11/s1. The number of piperidine rings is 2. The third kappa shape index (κ3) is 14.7. The summed E-state index contributed by atoms with van der Waals surface area (Å²) in [6, 6.07) is 21.9. The third-order valence-electron chi connectivity index (χ3n) is 14.8. The van der Waals surface area contributed by atoms with E-state index in [0.717, 1.165) is 106 Å². The van der Waals surface area contributed by atoms with E-state index in [0.29, 0.717) is 45.5 Å². The smallest absolute Gasteiger partial charge is 0.119 e. The number of likely N-dealkylation sites (tertiary alicyclic amines) is 2. The Morgan fingerprint density at radius 3 is 1.49 bits per heavy atom. The number of ether oxygens (including phenoxy) is 2. The van der Waals surface area contributed by atoms with Crippen LogP contribution in [0.4, 0.5) is 0 Å². The van der Waals surface area contributed by atoms with Gasteiger partial charge in [-0.3, -0.25) is 9.97 Å².